The molecule has 0 aromatic rings. The fraction of sp³-hybridized carbons (Fsp3) is 0.833. The molecule has 0 aliphatic heterocycles. The first-order valence-corrected chi connectivity index (χ1v) is 6.22. The topological polar surface area (TPSA) is 75.4 Å². The third kappa shape index (κ3) is 6.26. The van der Waals surface area contributed by atoms with E-state index >= 15 is 0 Å². The molecule has 3 N–H and O–H groups in total. The molecule has 0 aromatic heterocycles. The second-order valence-corrected chi connectivity index (χ2v) is 4.45. The van der Waals surface area contributed by atoms with Crippen molar-refractivity contribution < 1.29 is 9.59 Å². The van der Waals surface area contributed by atoms with Crippen LogP contribution in [0, 0.1) is 5.92 Å². The molecule has 100 valence electrons. The number of nitrogens with zero attached hydrogens (tertiary/aromatic N) is 1. The van der Waals surface area contributed by atoms with Crippen LogP contribution in [0.3, 0.4) is 0 Å². The molecule has 0 aliphatic carbocycles. The molecule has 0 rings (SSSR count). The van der Waals surface area contributed by atoms with Crippen molar-refractivity contribution in [2.24, 2.45) is 11.7 Å². The third-order valence-corrected chi connectivity index (χ3v) is 2.83. The molecule has 0 aromatic carbocycles. The van der Waals surface area contributed by atoms with E-state index < -0.39 is 0 Å². The largest absolute Gasteiger partial charge is 0.347 e. The lowest BCUT2D eigenvalue weighted by Gasteiger charge is -2.19. The Kier molecular flexibility index (Phi) is 7.54. The summed E-state index contributed by atoms with van der Waals surface area (Å²) >= 11 is 0. The van der Waals surface area contributed by atoms with Gasteiger partial charge >= 0.3 is 0 Å². The molecular weight excluding hydrogens is 218 g/mol. The van der Waals surface area contributed by atoms with Crippen molar-refractivity contribution in [3.8, 4) is 0 Å². The predicted octanol–water partition coefficient (Wildman–Crippen LogP) is 0.344. The maximum Gasteiger partial charge on any atom is 0.241 e. The number of amides is 2. The van der Waals surface area contributed by atoms with Crippen molar-refractivity contribution in [1.29, 1.82) is 0 Å². The van der Waals surface area contributed by atoms with Crippen LogP contribution in [-0.4, -0.2) is 42.4 Å². The van der Waals surface area contributed by atoms with Crippen LogP contribution in [0.15, 0.2) is 0 Å². The smallest absolute Gasteiger partial charge is 0.241 e. The zero-order valence-electron chi connectivity index (χ0n) is 11.3. The Morgan fingerprint density at radius 2 is 1.76 bits per heavy atom. The van der Waals surface area contributed by atoms with E-state index in [2.05, 4.69) is 5.32 Å². The van der Waals surface area contributed by atoms with Crippen LogP contribution in [0.2, 0.25) is 0 Å². The highest BCUT2D eigenvalue weighted by molar-refractivity contribution is 5.84. The van der Waals surface area contributed by atoms with Crippen LogP contribution in [0.5, 0.6) is 0 Å². The van der Waals surface area contributed by atoms with Gasteiger partial charge in [-0.05, 0) is 19.8 Å². The number of hydrogen-bond acceptors (Lipinski definition) is 3. The summed E-state index contributed by atoms with van der Waals surface area (Å²) in [5.74, 6) is 0.0485. The number of carbonyl (C=O) groups excluding carboxylic acids is 2. The van der Waals surface area contributed by atoms with Gasteiger partial charge in [-0.25, -0.2) is 0 Å². The van der Waals surface area contributed by atoms with Gasteiger partial charge < -0.3 is 16.0 Å². The first kappa shape index (κ1) is 15.9. The van der Waals surface area contributed by atoms with Gasteiger partial charge in [0, 0.05) is 25.6 Å². The van der Waals surface area contributed by atoms with Crippen molar-refractivity contribution in [2.75, 3.05) is 19.6 Å². The fourth-order valence-electron chi connectivity index (χ4n) is 1.38. The van der Waals surface area contributed by atoms with E-state index in [1.165, 1.54) is 0 Å². The molecule has 17 heavy (non-hydrogen) atoms. The molecule has 0 bridgehead atoms. The predicted molar refractivity (Wildman–Crippen MR) is 68.4 cm³/mol. The van der Waals surface area contributed by atoms with Crippen molar-refractivity contribution in [3.63, 3.8) is 0 Å². The summed E-state index contributed by atoms with van der Waals surface area (Å²) < 4.78 is 0. The average molecular weight is 243 g/mol. The Labute approximate surface area is 104 Å². The van der Waals surface area contributed by atoms with Gasteiger partial charge in [0.25, 0.3) is 0 Å². The van der Waals surface area contributed by atoms with E-state index in [1.54, 1.807) is 4.90 Å². The Balaban J connectivity index is 3.95. The second-order valence-electron chi connectivity index (χ2n) is 4.45. The highest BCUT2D eigenvalue weighted by atomic mass is 16.2. The average Bonchev–Trinajstić information content (AvgIpc) is 2.27. The standard InChI is InChI=1S/C12H25N3O2/c1-5-15(6-2)12(17)8-14-11(16)7-10(13)9(3)4/h9-10H,5-8,13H2,1-4H3,(H,14,16). The lowest BCUT2D eigenvalue weighted by molar-refractivity contribution is -0.132. The molecule has 0 saturated heterocycles. The van der Waals surface area contributed by atoms with Gasteiger partial charge in [0.2, 0.25) is 11.8 Å². The Morgan fingerprint density at radius 3 is 2.18 bits per heavy atom. The fourth-order valence-corrected chi connectivity index (χ4v) is 1.38. The summed E-state index contributed by atoms with van der Waals surface area (Å²) in [5.41, 5.74) is 5.78. The number of hydrogen-bond donors (Lipinski definition) is 2. The summed E-state index contributed by atoms with van der Waals surface area (Å²) in [4.78, 5) is 24.8. The van der Waals surface area contributed by atoms with Gasteiger partial charge in [-0.2, -0.15) is 0 Å². The Morgan fingerprint density at radius 1 is 1.24 bits per heavy atom. The molecule has 0 aliphatic rings. The lowest BCUT2D eigenvalue weighted by Crippen LogP contribution is -2.42. The van der Waals surface area contributed by atoms with Crippen LogP contribution in [0.25, 0.3) is 0 Å². The van der Waals surface area contributed by atoms with E-state index in [-0.39, 0.29) is 36.7 Å². The van der Waals surface area contributed by atoms with Gasteiger partial charge in [0.15, 0.2) is 0 Å². The van der Waals surface area contributed by atoms with Crippen molar-refractivity contribution in [3.05, 3.63) is 0 Å². The molecular formula is C12H25N3O2. The highest BCUT2D eigenvalue weighted by Gasteiger charge is 2.15. The van der Waals surface area contributed by atoms with Crippen molar-refractivity contribution >= 4 is 11.8 Å². The summed E-state index contributed by atoms with van der Waals surface area (Å²) in [6.45, 7) is 9.16. The molecule has 1 unspecified atom stereocenters. The molecule has 0 fully saturated rings. The maximum absolute atomic E-state index is 11.6. The quantitative estimate of drug-likeness (QED) is 0.677. The first-order valence-electron chi connectivity index (χ1n) is 6.22. The summed E-state index contributed by atoms with van der Waals surface area (Å²) in [5, 5.41) is 2.61. The lowest BCUT2D eigenvalue weighted by atomic mass is 10.0. The molecule has 0 heterocycles. The van der Waals surface area contributed by atoms with E-state index in [0.717, 1.165) is 0 Å². The van der Waals surface area contributed by atoms with E-state index in [0.29, 0.717) is 13.1 Å². The summed E-state index contributed by atoms with van der Waals surface area (Å²) in [7, 11) is 0. The number of likely N-dealkylation sites (N-methyl/N-ethyl adjacent to an activating group) is 1. The summed E-state index contributed by atoms with van der Waals surface area (Å²) in [6.07, 6.45) is 0.267. The van der Waals surface area contributed by atoms with E-state index in [4.69, 9.17) is 5.73 Å². The van der Waals surface area contributed by atoms with Gasteiger partial charge in [-0.1, -0.05) is 13.8 Å². The van der Waals surface area contributed by atoms with Gasteiger partial charge in [-0.3, -0.25) is 9.59 Å². The van der Waals surface area contributed by atoms with Crippen LogP contribution < -0.4 is 11.1 Å². The molecule has 2 amide bonds. The van der Waals surface area contributed by atoms with Crippen LogP contribution in [0.1, 0.15) is 34.1 Å². The summed E-state index contributed by atoms with van der Waals surface area (Å²) in [6, 6.07) is -0.154. The zero-order chi connectivity index (χ0) is 13.4. The van der Waals surface area contributed by atoms with E-state index in [9.17, 15) is 9.59 Å². The molecule has 5 nitrogen and oxygen atoms in total. The number of nitrogens with one attached hydrogen (secondary N) is 1. The highest BCUT2D eigenvalue weighted by Crippen LogP contribution is 2.02. The maximum atomic E-state index is 11.6. The Hall–Kier alpha value is -1.10. The molecule has 0 saturated carbocycles. The number of rotatable bonds is 7. The third-order valence-electron chi connectivity index (χ3n) is 2.83. The van der Waals surface area contributed by atoms with Crippen LogP contribution >= 0.6 is 0 Å². The van der Waals surface area contributed by atoms with Crippen molar-refractivity contribution in [2.45, 2.75) is 40.2 Å². The van der Waals surface area contributed by atoms with Gasteiger partial charge in [0.1, 0.15) is 0 Å². The molecule has 0 radical (unpaired) electrons. The van der Waals surface area contributed by atoms with Crippen molar-refractivity contribution in [1.82, 2.24) is 10.2 Å². The SMILES string of the molecule is CCN(CC)C(=O)CNC(=O)CC(N)C(C)C. The normalized spacial score (nSPS) is 12.4. The van der Waals surface area contributed by atoms with Crippen LogP contribution in [-0.2, 0) is 9.59 Å². The Bertz CT molecular complexity index is 250. The minimum absolute atomic E-state index is 0.0542. The first-order chi connectivity index (χ1) is 7.92. The number of carbonyl (C=O) groups is 2. The minimum Gasteiger partial charge on any atom is -0.347 e. The monoisotopic (exact) mass is 243 g/mol. The van der Waals surface area contributed by atoms with Gasteiger partial charge in [-0.15, -0.1) is 0 Å². The van der Waals surface area contributed by atoms with Crippen LogP contribution in [0.4, 0.5) is 0 Å². The minimum atomic E-state index is -0.160. The van der Waals surface area contributed by atoms with Gasteiger partial charge in [0.05, 0.1) is 6.54 Å². The number of nitrogens with two attached hydrogens (primary N) is 1. The molecule has 0 spiro atoms. The molecule has 1 atom stereocenters. The second kappa shape index (κ2) is 8.06. The van der Waals surface area contributed by atoms with E-state index in [1.807, 2.05) is 27.7 Å². The zero-order valence-corrected chi connectivity index (χ0v) is 11.3. The molecule has 5 heteroatoms.